The summed E-state index contributed by atoms with van der Waals surface area (Å²) in [5.41, 5.74) is 14.1. The summed E-state index contributed by atoms with van der Waals surface area (Å²) in [6.07, 6.45) is 1.10. The molecule has 0 saturated carbocycles. The second-order valence-electron chi connectivity index (χ2n) is 16.9. The minimum absolute atomic E-state index is 0.149. The Bertz CT molecular complexity index is 3570. The molecule has 2 aliphatic carbocycles. The highest BCUT2D eigenvalue weighted by Gasteiger charge is 2.25. The first-order valence-corrected chi connectivity index (χ1v) is 29.0. The average molecular weight is 1040 g/mol. The molecule has 78 heavy (non-hydrogen) atoms. The number of benzene rings is 10. The van der Waals surface area contributed by atoms with Crippen molar-refractivity contribution < 1.29 is 9.21 Å². The van der Waals surface area contributed by atoms with Crippen LogP contribution >= 0.6 is 11.3 Å². The molecule has 0 N–H and O–H groups in total. The fourth-order valence-corrected chi connectivity index (χ4v) is 10.9. The van der Waals surface area contributed by atoms with E-state index < -0.39 is 0 Å². The van der Waals surface area contributed by atoms with Crippen LogP contribution in [0.3, 0.4) is 0 Å². The average Bonchev–Trinajstić information content (AvgIpc) is 4.38. The maximum atomic E-state index is 11.9. The van der Waals surface area contributed by atoms with Crippen LogP contribution in [0.15, 0.2) is 247 Å². The summed E-state index contributed by atoms with van der Waals surface area (Å²) >= 11 is 1.86. The number of aryl methyl sites for hydroxylation is 1. The highest BCUT2D eigenvalue weighted by molar-refractivity contribution is 7.25. The molecule has 4 heteroatoms. The number of para-hydroxylation sites is 4. The molecular formula is C74H77NO2S. The number of rotatable bonds is 1. The van der Waals surface area contributed by atoms with Crippen LogP contribution in [0.25, 0.3) is 86.2 Å². The molecule has 3 aromatic heterocycles. The molecule has 15 rings (SSSR count). The van der Waals surface area contributed by atoms with Gasteiger partial charge in [-0.15, -0.1) is 11.3 Å². The van der Waals surface area contributed by atoms with Crippen LogP contribution in [-0.2, 0) is 13.0 Å². The summed E-state index contributed by atoms with van der Waals surface area (Å²) in [6.45, 7) is 23.2. The molecule has 396 valence electrons. The molecule has 0 fully saturated rings. The second-order valence-corrected chi connectivity index (χ2v) is 18.0. The Hall–Kier alpha value is -8.31. The molecular weight excluding hydrogens is 967 g/mol. The van der Waals surface area contributed by atoms with Gasteiger partial charge in [-0.3, -0.25) is 4.79 Å². The molecule has 0 aliphatic heterocycles. The predicted octanol–water partition coefficient (Wildman–Crippen LogP) is 22.7. The van der Waals surface area contributed by atoms with Crippen LogP contribution in [0.2, 0.25) is 0 Å². The summed E-state index contributed by atoms with van der Waals surface area (Å²) < 4.78 is 10.8. The van der Waals surface area contributed by atoms with E-state index in [1.54, 1.807) is 0 Å². The van der Waals surface area contributed by atoms with Crippen molar-refractivity contribution in [1.29, 1.82) is 0 Å². The quantitative estimate of drug-likeness (QED) is 0.164. The number of aromatic nitrogens is 1. The first-order chi connectivity index (χ1) is 38.6. The molecule has 0 saturated heterocycles. The van der Waals surface area contributed by atoms with Crippen molar-refractivity contribution in [3.63, 3.8) is 0 Å². The van der Waals surface area contributed by atoms with Gasteiger partial charge >= 0.3 is 0 Å². The number of hydrogen-bond acceptors (Lipinski definition) is 3. The molecule has 3 heterocycles. The van der Waals surface area contributed by atoms with Gasteiger partial charge in [-0.05, 0) is 83.1 Å². The lowest BCUT2D eigenvalue weighted by molar-refractivity contribution is 0.104. The zero-order chi connectivity index (χ0) is 55.8. The molecule has 0 atom stereocenters. The monoisotopic (exact) mass is 1040 g/mol. The number of ketones is 1. The Labute approximate surface area is 468 Å². The fraction of sp³-hybridized carbons (Fsp3) is 0.176. The number of carbonyl (C=O) groups excluding carboxylic acids is 1. The second kappa shape index (κ2) is 30.4. The van der Waals surface area contributed by atoms with Gasteiger partial charge < -0.3 is 8.98 Å². The molecule has 2 aliphatic rings. The Morgan fingerprint density at radius 3 is 1.03 bits per heavy atom. The van der Waals surface area contributed by atoms with Crippen molar-refractivity contribution >= 4 is 81.0 Å². The Kier molecular flexibility index (Phi) is 23.0. The minimum atomic E-state index is 0.149. The van der Waals surface area contributed by atoms with Crippen molar-refractivity contribution in [3.8, 4) is 22.3 Å². The van der Waals surface area contributed by atoms with E-state index in [0.717, 1.165) is 46.4 Å². The third-order valence-electron chi connectivity index (χ3n) is 12.9. The van der Waals surface area contributed by atoms with Crippen molar-refractivity contribution in [3.05, 3.63) is 265 Å². The largest absolute Gasteiger partial charge is 0.456 e. The Balaban J connectivity index is 0.000000152. The van der Waals surface area contributed by atoms with E-state index in [-0.39, 0.29) is 5.78 Å². The van der Waals surface area contributed by atoms with Crippen molar-refractivity contribution in [2.75, 3.05) is 0 Å². The van der Waals surface area contributed by atoms with Gasteiger partial charge in [0.15, 0.2) is 5.78 Å². The van der Waals surface area contributed by atoms with Gasteiger partial charge in [0.2, 0.25) is 0 Å². The number of thiophene rings is 1. The lowest BCUT2D eigenvalue weighted by Gasteiger charge is -2.01. The SMILES string of the molecule is CC.CC.CC.CC.CC.CCn1c2ccccc2c2ccccc21.O=C1c2ccccc2-c2ccccc21.c1ccc2c(c1)Cc1ccccc1-2.c1ccc2c(c1)oc1ccccc12.c1ccc2c(c1)sc1ccccc12. The van der Waals surface area contributed by atoms with Crippen LogP contribution in [-0.4, -0.2) is 10.4 Å². The number of furan rings is 1. The van der Waals surface area contributed by atoms with E-state index in [0.29, 0.717) is 0 Å². The zero-order valence-corrected chi connectivity index (χ0v) is 48.5. The summed E-state index contributed by atoms with van der Waals surface area (Å²) in [4.78, 5) is 11.9. The third-order valence-corrected chi connectivity index (χ3v) is 14.1. The summed E-state index contributed by atoms with van der Waals surface area (Å²) in [6, 6.07) is 83.4. The molecule has 0 unspecified atom stereocenters. The summed E-state index contributed by atoms with van der Waals surface area (Å²) in [7, 11) is 0. The smallest absolute Gasteiger partial charge is 0.194 e. The standard InChI is InChI=1S/C14H13N.C13H8O.C13H10.C12H8O.C12H8S.5C2H6/c1-2-15-13-9-5-3-7-11(13)12-8-4-6-10-14(12)15;14-13-11-7-3-1-5-9(11)10-6-2-4-8-12(10)13;1-3-7-12-10(5-1)9-11-6-2-4-8-13(11)12;2*1-3-7-11-9(5-1)10-6-2-4-8-12(10)13-11;5*1-2/h3-10H,2H2,1H3;1-8H;1-8H,9H2;2*1-8H;5*1-2H3. The lowest BCUT2D eigenvalue weighted by atomic mass is 10.1. The van der Waals surface area contributed by atoms with Gasteiger partial charge in [-0.2, -0.15) is 0 Å². The predicted molar refractivity (Wildman–Crippen MR) is 345 cm³/mol. The zero-order valence-electron chi connectivity index (χ0n) is 47.7. The van der Waals surface area contributed by atoms with Gasteiger partial charge in [0.25, 0.3) is 0 Å². The molecule has 0 spiro atoms. The number of fused-ring (bicyclic) bond motifs is 15. The number of hydrogen-bond donors (Lipinski definition) is 0. The minimum Gasteiger partial charge on any atom is -0.456 e. The van der Waals surface area contributed by atoms with E-state index in [2.05, 4.69) is 169 Å². The molecule has 13 aromatic rings. The van der Waals surface area contributed by atoms with Crippen LogP contribution in [0.4, 0.5) is 0 Å². The number of nitrogens with zero attached hydrogens (tertiary/aromatic N) is 1. The molecule has 0 bridgehead atoms. The first-order valence-electron chi connectivity index (χ1n) is 28.2. The van der Waals surface area contributed by atoms with Crippen LogP contribution in [0.1, 0.15) is 103 Å². The summed E-state index contributed by atoms with van der Waals surface area (Å²) in [5.74, 6) is 0.149. The highest BCUT2D eigenvalue weighted by Crippen LogP contribution is 2.38. The van der Waals surface area contributed by atoms with Gasteiger partial charge in [-0.25, -0.2) is 0 Å². The van der Waals surface area contributed by atoms with Gasteiger partial charge in [0.05, 0.1) is 0 Å². The van der Waals surface area contributed by atoms with Crippen molar-refractivity contribution in [1.82, 2.24) is 4.57 Å². The van der Waals surface area contributed by atoms with Crippen LogP contribution < -0.4 is 0 Å². The molecule has 10 aromatic carbocycles. The van der Waals surface area contributed by atoms with E-state index in [9.17, 15) is 4.79 Å². The van der Waals surface area contributed by atoms with E-state index in [4.69, 9.17) is 4.42 Å². The Morgan fingerprint density at radius 2 is 0.628 bits per heavy atom. The van der Waals surface area contributed by atoms with E-state index in [1.807, 2.05) is 166 Å². The maximum absolute atomic E-state index is 11.9. The molecule has 0 radical (unpaired) electrons. The fourth-order valence-electron chi connectivity index (χ4n) is 9.75. The highest BCUT2D eigenvalue weighted by atomic mass is 32.1. The van der Waals surface area contributed by atoms with Crippen LogP contribution in [0, 0.1) is 0 Å². The van der Waals surface area contributed by atoms with Crippen molar-refractivity contribution in [2.45, 2.75) is 89.1 Å². The van der Waals surface area contributed by atoms with E-state index >= 15 is 0 Å². The normalized spacial score (nSPS) is 10.5. The Morgan fingerprint density at radius 1 is 0.333 bits per heavy atom. The third kappa shape index (κ3) is 13.1. The van der Waals surface area contributed by atoms with Gasteiger partial charge in [-0.1, -0.05) is 275 Å². The number of carbonyl (C=O) groups is 1. The van der Waals surface area contributed by atoms with E-state index in [1.165, 1.54) is 75.0 Å². The first kappa shape index (κ1) is 58.9. The molecule has 0 amide bonds. The topological polar surface area (TPSA) is 35.1 Å². The maximum Gasteiger partial charge on any atom is 0.194 e. The molecule has 3 nitrogen and oxygen atoms in total. The lowest BCUT2D eigenvalue weighted by Crippen LogP contribution is -1.93. The van der Waals surface area contributed by atoms with Gasteiger partial charge in [0.1, 0.15) is 11.2 Å². The van der Waals surface area contributed by atoms with Crippen molar-refractivity contribution in [2.24, 2.45) is 0 Å². The van der Waals surface area contributed by atoms with Crippen LogP contribution in [0.5, 0.6) is 0 Å². The summed E-state index contributed by atoms with van der Waals surface area (Å²) in [5, 5.41) is 7.85. The van der Waals surface area contributed by atoms with Gasteiger partial charge in [0, 0.05) is 70.4 Å².